The fourth-order valence-corrected chi connectivity index (χ4v) is 2.86. The first-order valence-electron chi connectivity index (χ1n) is 5.89. The van der Waals surface area contributed by atoms with Crippen molar-refractivity contribution in [1.82, 2.24) is 0 Å². The largest absolute Gasteiger partial charge is 0.384 e. The maximum atomic E-state index is 7.77. The minimum Gasteiger partial charge on any atom is -0.384 e. The minimum atomic E-state index is 0.163. The van der Waals surface area contributed by atoms with Gasteiger partial charge in [-0.3, -0.25) is 5.41 Å². The van der Waals surface area contributed by atoms with Crippen molar-refractivity contribution >= 4 is 23.3 Å². The van der Waals surface area contributed by atoms with Crippen LogP contribution in [0.5, 0.6) is 0 Å². The van der Waals surface area contributed by atoms with E-state index in [1.54, 1.807) is 11.8 Å². The van der Waals surface area contributed by atoms with Crippen molar-refractivity contribution in [3.8, 4) is 0 Å². The molecule has 92 valence electrons. The fraction of sp³-hybridized carbons (Fsp3) is 0.462. The molecule has 1 aliphatic rings. The molecule has 17 heavy (non-hydrogen) atoms. The Morgan fingerprint density at radius 3 is 2.65 bits per heavy atom. The molecule has 0 aromatic heterocycles. The smallest absolute Gasteiger partial charge is 0.126 e. The first-order valence-corrected chi connectivity index (χ1v) is 7.12. The van der Waals surface area contributed by atoms with Crippen molar-refractivity contribution in [3.63, 3.8) is 0 Å². The van der Waals surface area contributed by atoms with E-state index in [0.717, 1.165) is 16.1 Å². The van der Waals surface area contributed by atoms with Gasteiger partial charge in [-0.15, -0.1) is 11.8 Å². The summed E-state index contributed by atoms with van der Waals surface area (Å²) in [5, 5.41) is 7.77. The molecule has 1 saturated carbocycles. The Morgan fingerprint density at radius 2 is 2.18 bits per heavy atom. The zero-order chi connectivity index (χ0) is 12.4. The Labute approximate surface area is 107 Å². The highest BCUT2D eigenvalue weighted by Crippen LogP contribution is 2.33. The van der Waals surface area contributed by atoms with Gasteiger partial charge in [-0.2, -0.15) is 0 Å². The van der Waals surface area contributed by atoms with Crippen LogP contribution < -0.4 is 10.6 Å². The van der Waals surface area contributed by atoms with Crippen LogP contribution in [0.2, 0.25) is 0 Å². The highest BCUT2D eigenvalue weighted by Gasteiger charge is 2.25. The molecule has 0 radical (unpaired) electrons. The average Bonchev–Trinajstić information content (AvgIpc) is 2.25. The van der Waals surface area contributed by atoms with Crippen molar-refractivity contribution in [2.75, 3.05) is 18.2 Å². The molecule has 0 heterocycles. The van der Waals surface area contributed by atoms with Gasteiger partial charge in [0.05, 0.1) is 5.56 Å². The lowest BCUT2D eigenvalue weighted by Gasteiger charge is -2.37. The predicted octanol–water partition coefficient (Wildman–Crippen LogP) is 2.68. The first kappa shape index (κ1) is 12.3. The van der Waals surface area contributed by atoms with Crippen LogP contribution in [0.15, 0.2) is 23.1 Å². The van der Waals surface area contributed by atoms with Gasteiger partial charge in [0.15, 0.2) is 0 Å². The molecule has 2 rings (SSSR count). The number of thioether (sulfide) groups is 1. The summed E-state index contributed by atoms with van der Waals surface area (Å²) in [7, 11) is 2.11. The van der Waals surface area contributed by atoms with Crippen LogP contribution in [0.3, 0.4) is 0 Å². The lowest BCUT2D eigenvalue weighted by atomic mass is 9.91. The van der Waals surface area contributed by atoms with Crippen LogP contribution in [-0.2, 0) is 0 Å². The average molecular weight is 249 g/mol. The summed E-state index contributed by atoms with van der Waals surface area (Å²) < 4.78 is 0. The van der Waals surface area contributed by atoms with Crippen LogP contribution in [0.4, 0.5) is 5.69 Å². The molecule has 0 bridgehead atoms. The monoisotopic (exact) mass is 249 g/mol. The SMILES string of the molecule is CSc1cccc(N(C)C2CCC2)c1C(=N)N. The number of nitrogens with two attached hydrogens (primary N) is 1. The van der Waals surface area contributed by atoms with Crippen LogP contribution in [0.1, 0.15) is 24.8 Å². The maximum Gasteiger partial charge on any atom is 0.126 e. The Morgan fingerprint density at radius 1 is 1.47 bits per heavy atom. The zero-order valence-electron chi connectivity index (χ0n) is 10.4. The van der Waals surface area contributed by atoms with E-state index in [0.29, 0.717) is 6.04 Å². The van der Waals surface area contributed by atoms with E-state index < -0.39 is 0 Å². The molecule has 0 atom stereocenters. The summed E-state index contributed by atoms with van der Waals surface area (Å²) in [5.41, 5.74) is 7.71. The molecular weight excluding hydrogens is 230 g/mol. The Hall–Kier alpha value is -1.16. The topological polar surface area (TPSA) is 53.1 Å². The number of nitrogens with one attached hydrogen (secondary N) is 1. The van der Waals surface area contributed by atoms with Crippen LogP contribution in [-0.4, -0.2) is 25.2 Å². The summed E-state index contributed by atoms with van der Waals surface area (Å²) in [5.74, 6) is 0.163. The van der Waals surface area contributed by atoms with Crippen molar-refractivity contribution in [2.45, 2.75) is 30.2 Å². The van der Waals surface area contributed by atoms with Gasteiger partial charge >= 0.3 is 0 Å². The highest BCUT2D eigenvalue weighted by molar-refractivity contribution is 7.98. The van der Waals surface area contributed by atoms with E-state index in [-0.39, 0.29) is 5.84 Å². The fourth-order valence-electron chi connectivity index (χ4n) is 2.22. The quantitative estimate of drug-likeness (QED) is 0.490. The number of hydrogen-bond donors (Lipinski definition) is 2. The first-order chi connectivity index (χ1) is 8.15. The third kappa shape index (κ3) is 2.27. The van der Waals surface area contributed by atoms with E-state index >= 15 is 0 Å². The summed E-state index contributed by atoms with van der Waals surface area (Å²) >= 11 is 1.65. The molecule has 1 aromatic carbocycles. The normalized spacial score (nSPS) is 15.4. The van der Waals surface area contributed by atoms with Crippen LogP contribution in [0.25, 0.3) is 0 Å². The number of amidine groups is 1. The molecule has 0 aliphatic heterocycles. The van der Waals surface area contributed by atoms with E-state index in [1.165, 1.54) is 19.3 Å². The summed E-state index contributed by atoms with van der Waals surface area (Å²) in [6.07, 6.45) is 5.83. The molecule has 1 aromatic rings. The van der Waals surface area contributed by atoms with E-state index in [2.05, 4.69) is 18.0 Å². The number of anilines is 1. The number of nitrogens with zero attached hydrogens (tertiary/aromatic N) is 1. The molecule has 0 unspecified atom stereocenters. The lowest BCUT2D eigenvalue weighted by molar-refractivity contribution is 0.401. The molecule has 1 aliphatic carbocycles. The molecule has 3 N–H and O–H groups in total. The molecule has 3 nitrogen and oxygen atoms in total. The van der Waals surface area contributed by atoms with Crippen LogP contribution >= 0.6 is 11.8 Å². The second kappa shape index (κ2) is 5.00. The van der Waals surface area contributed by atoms with Gasteiger partial charge in [0.25, 0.3) is 0 Å². The van der Waals surface area contributed by atoms with E-state index in [9.17, 15) is 0 Å². The molecule has 0 amide bonds. The summed E-state index contributed by atoms with van der Waals surface area (Å²) in [6.45, 7) is 0. The highest BCUT2D eigenvalue weighted by atomic mass is 32.2. The predicted molar refractivity (Wildman–Crippen MR) is 75.3 cm³/mol. The standard InChI is InChI=1S/C13H19N3S/c1-16(9-5-3-6-9)10-7-4-8-11(17-2)12(10)13(14)15/h4,7-9H,3,5-6H2,1-2H3,(H3,14,15). The van der Waals surface area contributed by atoms with Gasteiger partial charge < -0.3 is 10.6 Å². The van der Waals surface area contributed by atoms with Gasteiger partial charge in [0.1, 0.15) is 5.84 Å². The number of rotatable bonds is 4. The van der Waals surface area contributed by atoms with Gasteiger partial charge in [-0.25, -0.2) is 0 Å². The zero-order valence-corrected chi connectivity index (χ0v) is 11.2. The van der Waals surface area contributed by atoms with Gasteiger partial charge in [-0.1, -0.05) is 6.07 Å². The van der Waals surface area contributed by atoms with Gasteiger partial charge in [-0.05, 0) is 37.7 Å². The number of hydrogen-bond acceptors (Lipinski definition) is 3. The third-order valence-corrected chi connectivity index (χ3v) is 4.28. The van der Waals surface area contributed by atoms with Crippen molar-refractivity contribution in [2.24, 2.45) is 5.73 Å². The Kier molecular flexibility index (Phi) is 3.62. The Bertz CT molecular complexity index is 427. The maximum absolute atomic E-state index is 7.77. The third-order valence-electron chi connectivity index (χ3n) is 3.50. The lowest BCUT2D eigenvalue weighted by Crippen LogP contribution is -2.38. The second-order valence-electron chi connectivity index (χ2n) is 4.46. The summed E-state index contributed by atoms with van der Waals surface area (Å²) in [6, 6.07) is 6.75. The van der Waals surface area contributed by atoms with Crippen LogP contribution in [0, 0.1) is 5.41 Å². The molecule has 0 saturated heterocycles. The van der Waals surface area contributed by atoms with E-state index in [4.69, 9.17) is 11.1 Å². The Balaban J connectivity index is 2.40. The number of nitrogen functional groups attached to an aromatic ring is 1. The number of benzene rings is 1. The molecule has 1 fully saturated rings. The van der Waals surface area contributed by atoms with Crippen molar-refractivity contribution in [1.29, 1.82) is 5.41 Å². The molecule has 4 heteroatoms. The van der Waals surface area contributed by atoms with E-state index in [1.807, 2.05) is 18.4 Å². The summed E-state index contributed by atoms with van der Waals surface area (Å²) in [4.78, 5) is 3.36. The van der Waals surface area contributed by atoms with Crippen molar-refractivity contribution < 1.29 is 0 Å². The van der Waals surface area contributed by atoms with Gasteiger partial charge in [0, 0.05) is 23.7 Å². The van der Waals surface area contributed by atoms with Gasteiger partial charge in [0.2, 0.25) is 0 Å². The second-order valence-corrected chi connectivity index (χ2v) is 5.31. The molecular formula is C13H19N3S. The molecule has 0 spiro atoms. The minimum absolute atomic E-state index is 0.163. The van der Waals surface area contributed by atoms with Crippen molar-refractivity contribution in [3.05, 3.63) is 23.8 Å².